The van der Waals surface area contributed by atoms with Crippen molar-refractivity contribution in [3.05, 3.63) is 24.3 Å². The molecule has 1 amide bonds. The number of aliphatic carboxylic acids is 1. The van der Waals surface area contributed by atoms with Crippen LogP contribution in [-0.4, -0.2) is 36.7 Å². The van der Waals surface area contributed by atoms with Crippen molar-refractivity contribution >= 4 is 11.9 Å². The SMILES string of the molecule is COc1cccc(OCC(NC(C)=O)C(=O)O)c1. The molecule has 1 atom stereocenters. The van der Waals surface area contributed by atoms with E-state index in [1.165, 1.54) is 14.0 Å². The number of carbonyl (C=O) groups excluding carboxylic acids is 1. The molecule has 0 aliphatic carbocycles. The molecule has 0 aliphatic rings. The number of benzene rings is 1. The third-order valence-corrected chi connectivity index (χ3v) is 2.13. The van der Waals surface area contributed by atoms with Crippen LogP contribution < -0.4 is 14.8 Å². The van der Waals surface area contributed by atoms with Gasteiger partial charge in [-0.15, -0.1) is 0 Å². The number of carboxylic acids is 1. The molecule has 1 rings (SSSR count). The highest BCUT2D eigenvalue weighted by Crippen LogP contribution is 2.18. The summed E-state index contributed by atoms with van der Waals surface area (Å²) >= 11 is 0. The standard InChI is InChI=1S/C12H15NO5/c1-8(14)13-11(12(15)16)7-18-10-5-3-4-9(6-10)17-2/h3-6,11H,7H2,1-2H3,(H,13,14)(H,15,16). The summed E-state index contributed by atoms with van der Waals surface area (Å²) in [7, 11) is 1.52. The first-order valence-electron chi connectivity index (χ1n) is 5.29. The Morgan fingerprint density at radius 1 is 1.39 bits per heavy atom. The lowest BCUT2D eigenvalue weighted by atomic mass is 10.3. The average molecular weight is 253 g/mol. The van der Waals surface area contributed by atoms with Crippen molar-refractivity contribution in [1.82, 2.24) is 5.32 Å². The maximum atomic E-state index is 10.9. The molecule has 0 saturated carbocycles. The van der Waals surface area contributed by atoms with Crippen molar-refractivity contribution < 1.29 is 24.2 Å². The van der Waals surface area contributed by atoms with E-state index in [2.05, 4.69) is 5.32 Å². The summed E-state index contributed by atoms with van der Waals surface area (Å²) in [5.74, 6) is -0.477. The molecule has 0 saturated heterocycles. The third kappa shape index (κ3) is 4.32. The van der Waals surface area contributed by atoms with Crippen LogP contribution in [0.1, 0.15) is 6.92 Å². The maximum Gasteiger partial charge on any atom is 0.329 e. The number of hydrogen-bond donors (Lipinski definition) is 2. The molecular formula is C12H15NO5. The Bertz CT molecular complexity index is 432. The van der Waals surface area contributed by atoms with Crippen molar-refractivity contribution in [2.24, 2.45) is 0 Å². The molecule has 0 aromatic heterocycles. The third-order valence-electron chi connectivity index (χ3n) is 2.13. The number of amides is 1. The van der Waals surface area contributed by atoms with E-state index in [1.54, 1.807) is 24.3 Å². The number of carboxylic acid groups (broad SMARTS) is 1. The van der Waals surface area contributed by atoms with Gasteiger partial charge in [-0.25, -0.2) is 4.79 Å². The second-order valence-electron chi connectivity index (χ2n) is 3.58. The zero-order valence-corrected chi connectivity index (χ0v) is 10.2. The van der Waals surface area contributed by atoms with Crippen molar-refractivity contribution in [2.45, 2.75) is 13.0 Å². The van der Waals surface area contributed by atoms with Gasteiger partial charge in [-0.3, -0.25) is 4.79 Å². The lowest BCUT2D eigenvalue weighted by molar-refractivity contribution is -0.142. The quantitative estimate of drug-likeness (QED) is 0.778. The Morgan fingerprint density at radius 2 is 2.06 bits per heavy atom. The molecule has 18 heavy (non-hydrogen) atoms. The van der Waals surface area contributed by atoms with Crippen LogP contribution in [0.3, 0.4) is 0 Å². The van der Waals surface area contributed by atoms with Crippen molar-refractivity contribution in [3.8, 4) is 11.5 Å². The van der Waals surface area contributed by atoms with E-state index in [0.29, 0.717) is 11.5 Å². The minimum absolute atomic E-state index is 0.151. The monoisotopic (exact) mass is 253 g/mol. The van der Waals surface area contributed by atoms with E-state index in [1.807, 2.05) is 0 Å². The number of carbonyl (C=O) groups is 2. The summed E-state index contributed by atoms with van der Waals surface area (Å²) in [6.45, 7) is 1.10. The minimum atomic E-state index is -1.15. The van der Waals surface area contributed by atoms with Crippen LogP contribution >= 0.6 is 0 Å². The van der Waals surface area contributed by atoms with Crippen LogP contribution in [0.4, 0.5) is 0 Å². The molecule has 1 unspecified atom stereocenters. The highest BCUT2D eigenvalue weighted by molar-refractivity contribution is 5.82. The van der Waals surface area contributed by atoms with Gasteiger partial charge in [0.25, 0.3) is 0 Å². The summed E-state index contributed by atoms with van der Waals surface area (Å²) in [6.07, 6.45) is 0. The predicted octanol–water partition coefficient (Wildman–Crippen LogP) is 0.663. The Balaban J connectivity index is 2.60. The lowest BCUT2D eigenvalue weighted by Crippen LogP contribution is -2.43. The molecule has 0 bridgehead atoms. The molecular weight excluding hydrogens is 238 g/mol. The minimum Gasteiger partial charge on any atom is -0.497 e. The topological polar surface area (TPSA) is 84.9 Å². The van der Waals surface area contributed by atoms with Gasteiger partial charge in [0.15, 0.2) is 6.04 Å². The Labute approximate surface area is 105 Å². The first kappa shape index (κ1) is 13.8. The average Bonchev–Trinajstić information content (AvgIpc) is 2.34. The molecule has 1 aromatic rings. The molecule has 6 nitrogen and oxygen atoms in total. The molecule has 1 aromatic carbocycles. The van der Waals surface area contributed by atoms with E-state index in [9.17, 15) is 9.59 Å². The molecule has 0 fully saturated rings. The largest absolute Gasteiger partial charge is 0.497 e. The molecule has 0 radical (unpaired) electrons. The molecule has 2 N–H and O–H groups in total. The van der Waals surface area contributed by atoms with Gasteiger partial charge in [0.1, 0.15) is 18.1 Å². The van der Waals surface area contributed by atoms with Crippen LogP contribution in [0.2, 0.25) is 0 Å². The Morgan fingerprint density at radius 3 is 2.61 bits per heavy atom. The van der Waals surface area contributed by atoms with E-state index in [0.717, 1.165) is 0 Å². The second kappa shape index (κ2) is 6.48. The molecule has 98 valence electrons. The summed E-state index contributed by atoms with van der Waals surface area (Å²) in [5, 5.41) is 11.2. The number of methoxy groups -OCH3 is 1. The molecule has 6 heteroatoms. The van der Waals surface area contributed by atoms with Crippen LogP contribution in [-0.2, 0) is 9.59 Å². The summed E-state index contributed by atoms with van der Waals surface area (Å²) in [5.41, 5.74) is 0. The van der Waals surface area contributed by atoms with E-state index in [4.69, 9.17) is 14.6 Å². The van der Waals surface area contributed by atoms with Gasteiger partial charge in [0.05, 0.1) is 7.11 Å². The summed E-state index contributed by atoms with van der Waals surface area (Å²) in [6, 6.07) is 5.70. The first-order chi connectivity index (χ1) is 8.52. The summed E-state index contributed by atoms with van der Waals surface area (Å²) in [4.78, 5) is 21.7. The fourth-order valence-electron chi connectivity index (χ4n) is 1.29. The van der Waals surface area contributed by atoms with Gasteiger partial charge in [-0.1, -0.05) is 6.07 Å². The smallest absolute Gasteiger partial charge is 0.329 e. The van der Waals surface area contributed by atoms with Gasteiger partial charge >= 0.3 is 5.97 Å². The van der Waals surface area contributed by atoms with Crippen LogP contribution in [0.5, 0.6) is 11.5 Å². The first-order valence-corrected chi connectivity index (χ1v) is 5.29. The molecule has 0 aliphatic heterocycles. The van der Waals surface area contributed by atoms with Crippen molar-refractivity contribution in [2.75, 3.05) is 13.7 Å². The van der Waals surface area contributed by atoms with Crippen molar-refractivity contribution in [1.29, 1.82) is 0 Å². The van der Waals surface area contributed by atoms with E-state index >= 15 is 0 Å². The number of nitrogens with one attached hydrogen (secondary N) is 1. The molecule has 0 heterocycles. The van der Waals surface area contributed by atoms with E-state index in [-0.39, 0.29) is 6.61 Å². The Hall–Kier alpha value is -2.24. The van der Waals surface area contributed by atoms with Crippen LogP contribution in [0.15, 0.2) is 24.3 Å². The lowest BCUT2D eigenvalue weighted by Gasteiger charge is -2.14. The van der Waals surface area contributed by atoms with E-state index < -0.39 is 17.9 Å². The van der Waals surface area contributed by atoms with Gasteiger partial charge in [-0.05, 0) is 12.1 Å². The van der Waals surface area contributed by atoms with Gasteiger partial charge < -0.3 is 19.9 Å². The van der Waals surface area contributed by atoms with Crippen LogP contribution in [0.25, 0.3) is 0 Å². The maximum absolute atomic E-state index is 10.9. The predicted molar refractivity (Wildman–Crippen MR) is 63.7 cm³/mol. The summed E-state index contributed by atoms with van der Waals surface area (Å²) < 4.78 is 10.3. The van der Waals surface area contributed by atoms with Gasteiger partial charge in [-0.2, -0.15) is 0 Å². The number of ether oxygens (including phenoxy) is 2. The fraction of sp³-hybridized carbons (Fsp3) is 0.333. The highest BCUT2D eigenvalue weighted by atomic mass is 16.5. The highest BCUT2D eigenvalue weighted by Gasteiger charge is 2.19. The van der Waals surface area contributed by atoms with Gasteiger partial charge in [0, 0.05) is 13.0 Å². The number of rotatable bonds is 6. The molecule has 0 spiro atoms. The normalized spacial score (nSPS) is 11.4. The zero-order chi connectivity index (χ0) is 13.5. The second-order valence-corrected chi connectivity index (χ2v) is 3.58. The fourth-order valence-corrected chi connectivity index (χ4v) is 1.29. The zero-order valence-electron chi connectivity index (χ0n) is 10.2. The van der Waals surface area contributed by atoms with Crippen LogP contribution in [0, 0.1) is 0 Å². The van der Waals surface area contributed by atoms with Gasteiger partial charge in [0.2, 0.25) is 5.91 Å². The number of hydrogen-bond acceptors (Lipinski definition) is 4. The Kier molecular flexibility index (Phi) is 4.98. The van der Waals surface area contributed by atoms with Crippen molar-refractivity contribution in [3.63, 3.8) is 0 Å².